The molecule has 0 spiro atoms. The number of rotatable bonds is 4. The molecule has 1 aliphatic rings. The van der Waals surface area contributed by atoms with E-state index in [1.165, 1.54) is 0 Å². The van der Waals surface area contributed by atoms with E-state index < -0.39 is 0 Å². The topological polar surface area (TPSA) is 87.8 Å². The quantitative estimate of drug-likeness (QED) is 0.708. The number of aromatic nitrogens is 4. The molecule has 0 amide bonds. The molecular weight excluding hydrogens is 340 g/mol. The predicted octanol–water partition coefficient (Wildman–Crippen LogP) is 2.85. The lowest BCUT2D eigenvalue weighted by Gasteiger charge is -2.32. The molecular formula is C20H18N6O. The van der Waals surface area contributed by atoms with Crippen LogP contribution in [0.4, 0.5) is 5.82 Å². The van der Waals surface area contributed by atoms with Gasteiger partial charge in [-0.1, -0.05) is 6.07 Å². The second-order valence-electron chi connectivity index (χ2n) is 6.29. The summed E-state index contributed by atoms with van der Waals surface area (Å²) in [7, 11) is 0. The van der Waals surface area contributed by atoms with Crippen LogP contribution in [0.3, 0.4) is 0 Å². The molecule has 1 aliphatic heterocycles. The van der Waals surface area contributed by atoms with Gasteiger partial charge in [0.15, 0.2) is 0 Å². The van der Waals surface area contributed by atoms with Crippen LogP contribution in [0.15, 0.2) is 55.1 Å². The van der Waals surface area contributed by atoms with Crippen LogP contribution in [0, 0.1) is 11.3 Å². The minimum absolute atomic E-state index is 0.0761. The Balaban J connectivity index is 1.34. The zero-order valence-electron chi connectivity index (χ0n) is 14.7. The molecule has 1 saturated heterocycles. The van der Waals surface area contributed by atoms with Crippen molar-refractivity contribution in [2.24, 2.45) is 0 Å². The van der Waals surface area contributed by atoms with Crippen molar-refractivity contribution in [3.63, 3.8) is 0 Å². The highest BCUT2D eigenvalue weighted by Crippen LogP contribution is 2.22. The molecule has 7 nitrogen and oxygen atoms in total. The number of pyridine rings is 2. The monoisotopic (exact) mass is 358 g/mol. The van der Waals surface area contributed by atoms with Crippen molar-refractivity contribution in [1.82, 2.24) is 19.9 Å². The maximum Gasteiger partial charge on any atom is 0.316 e. The summed E-state index contributed by atoms with van der Waals surface area (Å²) in [5.41, 5.74) is 2.40. The first-order chi connectivity index (χ1) is 13.3. The first-order valence-electron chi connectivity index (χ1n) is 8.83. The Kier molecular flexibility index (Phi) is 4.88. The average Bonchev–Trinajstić information content (AvgIpc) is 2.75. The van der Waals surface area contributed by atoms with Crippen molar-refractivity contribution < 1.29 is 4.74 Å². The molecule has 3 aromatic rings. The average molecular weight is 358 g/mol. The van der Waals surface area contributed by atoms with Crippen LogP contribution in [0.1, 0.15) is 18.5 Å². The van der Waals surface area contributed by atoms with Gasteiger partial charge in [0.2, 0.25) is 0 Å². The number of ether oxygens (including phenoxy) is 1. The molecule has 4 rings (SSSR count). The van der Waals surface area contributed by atoms with E-state index in [9.17, 15) is 0 Å². The third kappa shape index (κ3) is 4.01. The van der Waals surface area contributed by atoms with Gasteiger partial charge in [-0.05, 0) is 29.8 Å². The number of hydrogen-bond donors (Lipinski definition) is 0. The highest BCUT2D eigenvalue weighted by molar-refractivity contribution is 5.60. The summed E-state index contributed by atoms with van der Waals surface area (Å²) >= 11 is 0. The minimum Gasteiger partial charge on any atom is -0.460 e. The smallest absolute Gasteiger partial charge is 0.316 e. The van der Waals surface area contributed by atoms with Crippen molar-refractivity contribution in [3.05, 3.63) is 60.8 Å². The lowest BCUT2D eigenvalue weighted by atomic mass is 10.1. The SMILES string of the molecule is N#Cc1cccc(N2CCC(Oc3ncc(-c4ccncc4)cn3)CC2)n1. The summed E-state index contributed by atoms with van der Waals surface area (Å²) in [5.74, 6) is 0.838. The van der Waals surface area contributed by atoms with E-state index in [4.69, 9.17) is 10.00 Å². The van der Waals surface area contributed by atoms with Crippen LogP contribution < -0.4 is 9.64 Å². The highest BCUT2D eigenvalue weighted by atomic mass is 16.5. The summed E-state index contributed by atoms with van der Waals surface area (Å²) in [6.45, 7) is 1.64. The summed E-state index contributed by atoms with van der Waals surface area (Å²) in [4.78, 5) is 19.2. The number of nitriles is 1. The van der Waals surface area contributed by atoms with Gasteiger partial charge in [-0.25, -0.2) is 15.0 Å². The normalized spacial score (nSPS) is 14.6. The van der Waals surface area contributed by atoms with E-state index in [-0.39, 0.29) is 6.10 Å². The molecule has 1 fully saturated rings. The minimum atomic E-state index is 0.0761. The molecule has 0 aromatic carbocycles. The van der Waals surface area contributed by atoms with Crippen molar-refractivity contribution >= 4 is 5.82 Å². The Hall–Kier alpha value is -3.53. The molecule has 4 heterocycles. The molecule has 0 unspecified atom stereocenters. The van der Waals surface area contributed by atoms with Gasteiger partial charge in [-0.15, -0.1) is 0 Å². The molecule has 0 bridgehead atoms. The Morgan fingerprint density at radius 1 is 1.00 bits per heavy atom. The molecule has 0 saturated carbocycles. The molecule has 7 heteroatoms. The van der Waals surface area contributed by atoms with Crippen LogP contribution in [0.5, 0.6) is 6.01 Å². The second-order valence-corrected chi connectivity index (χ2v) is 6.29. The number of nitrogens with zero attached hydrogens (tertiary/aromatic N) is 6. The van der Waals surface area contributed by atoms with Gasteiger partial charge in [-0.3, -0.25) is 4.98 Å². The van der Waals surface area contributed by atoms with Crippen LogP contribution >= 0.6 is 0 Å². The lowest BCUT2D eigenvalue weighted by molar-refractivity contribution is 0.156. The third-order valence-electron chi connectivity index (χ3n) is 4.53. The van der Waals surface area contributed by atoms with Gasteiger partial charge in [0, 0.05) is 56.3 Å². The van der Waals surface area contributed by atoms with Crippen LogP contribution in [0.25, 0.3) is 11.1 Å². The van der Waals surface area contributed by atoms with Crippen molar-refractivity contribution in [1.29, 1.82) is 5.26 Å². The fraction of sp³-hybridized carbons (Fsp3) is 0.250. The number of anilines is 1. The zero-order valence-corrected chi connectivity index (χ0v) is 14.7. The van der Waals surface area contributed by atoms with Crippen molar-refractivity contribution in [2.75, 3.05) is 18.0 Å². The maximum absolute atomic E-state index is 8.99. The van der Waals surface area contributed by atoms with E-state index >= 15 is 0 Å². The molecule has 0 radical (unpaired) electrons. The van der Waals surface area contributed by atoms with Crippen LogP contribution in [0.2, 0.25) is 0 Å². The van der Waals surface area contributed by atoms with E-state index in [2.05, 4.69) is 30.9 Å². The van der Waals surface area contributed by atoms with Gasteiger partial charge < -0.3 is 9.64 Å². The lowest BCUT2D eigenvalue weighted by Crippen LogP contribution is -2.39. The van der Waals surface area contributed by atoms with Gasteiger partial charge in [0.05, 0.1) is 0 Å². The van der Waals surface area contributed by atoms with Crippen molar-refractivity contribution in [3.8, 4) is 23.2 Å². The predicted molar refractivity (Wildman–Crippen MR) is 100 cm³/mol. The summed E-state index contributed by atoms with van der Waals surface area (Å²) in [6, 6.07) is 11.8. The fourth-order valence-corrected chi connectivity index (χ4v) is 3.08. The van der Waals surface area contributed by atoms with E-state index in [1.807, 2.05) is 24.3 Å². The third-order valence-corrected chi connectivity index (χ3v) is 4.53. The van der Waals surface area contributed by atoms with Crippen LogP contribution in [-0.4, -0.2) is 39.1 Å². The van der Waals surface area contributed by atoms with Crippen molar-refractivity contribution in [2.45, 2.75) is 18.9 Å². The second kappa shape index (κ2) is 7.79. The number of piperidine rings is 1. The van der Waals surface area contributed by atoms with Gasteiger partial charge >= 0.3 is 6.01 Å². The summed E-state index contributed by atoms with van der Waals surface area (Å²) in [5, 5.41) is 8.99. The largest absolute Gasteiger partial charge is 0.460 e. The standard InChI is InChI=1S/C20H18N6O/c21-12-17-2-1-3-19(25-17)26-10-6-18(7-11-26)27-20-23-13-16(14-24-20)15-4-8-22-9-5-15/h1-5,8-9,13-14,18H,6-7,10-11H2. The Morgan fingerprint density at radius 2 is 1.74 bits per heavy atom. The first kappa shape index (κ1) is 16.9. The molecule has 3 aromatic heterocycles. The molecule has 27 heavy (non-hydrogen) atoms. The molecule has 0 atom stereocenters. The van der Waals surface area contributed by atoms with E-state index in [0.717, 1.165) is 42.9 Å². The van der Waals surface area contributed by atoms with Gasteiger partial charge in [-0.2, -0.15) is 5.26 Å². The Labute approximate surface area is 157 Å². The first-order valence-corrected chi connectivity index (χ1v) is 8.83. The number of hydrogen-bond acceptors (Lipinski definition) is 7. The van der Waals surface area contributed by atoms with E-state index in [1.54, 1.807) is 30.9 Å². The summed E-state index contributed by atoms with van der Waals surface area (Å²) < 4.78 is 5.94. The maximum atomic E-state index is 8.99. The zero-order chi connectivity index (χ0) is 18.5. The fourth-order valence-electron chi connectivity index (χ4n) is 3.08. The van der Waals surface area contributed by atoms with E-state index in [0.29, 0.717) is 11.7 Å². The highest BCUT2D eigenvalue weighted by Gasteiger charge is 2.22. The van der Waals surface area contributed by atoms with Crippen LogP contribution in [-0.2, 0) is 0 Å². The Bertz CT molecular complexity index is 931. The molecule has 0 aliphatic carbocycles. The molecule has 0 N–H and O–H groups in total. The Morgan fingerprint density at radius 3 is 2.44 bits per heavy atom. The summed E-state index contributed by atoms with van der Waals surface area (Å²) in [6.07, 6.45) is 8.81. The van der Waals surface area contributed by atoms with Gasteiger partial charge in [0.1, 0.15) is 23.7 Å². The molecule has 134 valence electrons. The van der Waals surface area contributed by atoms with Gasteiger partial charge in [0.25, 0.3) is 0 Å².